The molecule has 0 atom stereocenters. The number of hydrogen-bond acceptors (Lipinski definition) is 6. The molecule has 34 heavy (non-hydrogen) atoms. The van der Waals surface area contributed by atoms with Crippen molar-refractivity contribution in [2.24, 2.45) is 0 Å². The molecule has 1 aliphatic carbocycles. The Morgan fingerprint density at radius 2 is 1.82 bits per heavy atom. The van der Waals surface area contributed by atoms with Gasteiger partial charge >= 0.3 is 5.69 Å². The minimum atomic E-state index is -0.612. The summed E-state index contributed by atoms with van der Waals surface area (Å²) in [6, 6.07) is 7.90. The predicted molar refractivity (Wildman–Crippen MR) is 127 cm³/mol. The van der Waals surface area contributed by atoms with E-state index in [9.17, 15) is 14.3 Å². The zero-order valence-corrected chi connectivity index (χ0v) is 19.3. The number of halogens is 1. The van der Waals surface area contributed by atoms with E-state index in [1.165, 1.54) is 12.1 Å². The molecule has 5 rings (SSSR count). The Kier molecular flexibility index (Phi) is 6.22. The second kappa shape index (κ2) is 9.31. The number of ether oxygens (including phenoxy) is 1. The molecule has 0 radical (unpaired) electrons. The van der Waals surface area contributed by atoms with Crippen molar-refractivity contribution in [2.45, 2.75) is 63.1 Å². The van der Waals surface area contributed by atoms with Crippen LogP contribution in [-0.2, 0) is 4.74 Å². The molecule has 8 nitrogen and oxygen atoms in total. The highest BCUT2D eigenvalue weighted by Gasteiger charge is 2.29. The van der Waals surface area contributed by atoms with E-state index in [1.807, 2.05) is 13.1 Å². The molecular formula is C25H30FN5O3. The van der Waals surface area contributed by atoms with E-state index < -0.39 is 5.60 Å². The third kappa shape index (κ3) is 4.76. The maximum atomic E-state index is 13.6. The highest BCUT2D eigenvalue weighted by Crippen LogP contribution is 2.30. The quantitative estimate of drug-likeness (QED) is 0.594. The van der Waals surface area contributed by atoms with Crippen molar-refractivity contribution >= 4 is 5.95 Å². The zero-order chi connectivity index (χ0) is 23.7. The number of hydrogen-bond donors (Lipinski definition) is 2. The van der Waals surface area contributed by atoms with Crippen molar-refractivity contribution in [2.75, 3.05) is 18.5 Å². The molecule has 0 unspecified atom stereocenters. The van der Waals surface area contributed by atoms with Crippen LogP contribution in [0.1, 0.15) is 51.5 Å². The van der Waals surface area contributed by atoms with Gasteiger partial charge in [0, 0.05) is 37.7 Å². The third-order valence-corrected chi connectivity index (χ3v) is 6.90. The van der Waals surface area contributed by atoms with Crippen LogP contribution in [0.2, 0.25) is 0 Å². The minimum absolute atomic E-state index is 0.0381. The van der Waals surface area contributed by atoms with Crippen LogP contribution >= 0.6 is 0 Å². The summed E-state index contributed by atoms with van der Waals surface area (Å²) in [6.07, 6.45) is 8.15. The second-order valence-electron chi connectivity index (χ2n) is 9.54. The van der Waals surface area contributed by atoms with E-state index in [4.69, 9.17) is 9.72 Å². The lowest BCUT2D eigenvalue weighted by Crippen LogP contribution is -2.36. The standard InChI is InChI=1S/C25H30FN5O3/c1-25(33)11-6-18(7-12-25)28-23-27-13-8-21(29-23)22-16-30(19-9-14-34-15-10-19)24(32)31(22)20-4-2-17(26)3-5-20/h2-5,8,13,16,18-19,33H,6-7,9-12,14-15H2,1H3,(H,27,28,29). The average Bonchev–Trinajstić information content (AvgIpc) is 3.19. The fourth-order valence-corrected chi connectivity index (χ4v) is 4.85. The van der Waals surface area contributed by atoms with Crippen LogP contribution in [0.5, 0.6) is 0 Å². The van der Waals surface area contributed by atoms with Crippen LogP contribution in [-0.4, -0.2) is 49.1 Å². The van der Waals surface area contributed by atoms with E-state index in [1.54, 1.807) is 33.5 Å². The van der Waals surface area contributed by atoms with Crippen molar-refractivity contribution in [1.29, 1.82) is 0 Å². The molecule has 2 aliphatic rings. The highest BCUT2D eigenvalue weighted by atomic mass is 19.1. The van der Waals surface area contributed by atoms with Gasteiger partial charge in [0.05, 0.1) is 22.7 Å². The lowest BCUT2D eigenvalue weighted by Gasteiger charge is -2.33. The van der Waals surface area contributed by atoms with Crippen LogP contribution in [0.25, 0.3) is 17.1 Å². The molecule has 2 fully saturated rings. The van der Waals surface area contributed by atoms with Crippen LogP contribution in [0.15, 0.2) is 47.5 Å². The number of imidazole rings is 1. The number of nitrogens with zero attached hydrogens (tertiary/aromatic N) is 4. The Morgan fingerprint density at radius 3 is 2.53 bits per heavy atom. The van der Waals surface area contributed by atoms with Crippen LogP contribution < -0.4 is 11.0 Å². The molecule has 9 heteroatoms. The fourth-order valence-electron chi connectivity index (χ4n) is 4.85. The number of aliphatic hydroxyl groups is 1. The molecule has 1 saturated heterocycles. The topological polar surface area (TPSA) is 94.2 Å². The molecular weight excluding hydrogens is 437 g/mol. The lowest BCUT2D eigenvalue weighted by molar-refractivity contribution is 0.0195. The van der Waals surface area contributed by atoms with Crippen LogP contribution in [0, 0.1) is 5.82 Å². The van der Waals surface area contributed by atoms with Crippen molar-refractivity contribution in [3.05, 3.63) is 59.0 Å². The summed E-state index contributed by atoms with van der Waals surface area (Å²) in [6.45, 7) is 3.10. The largest absolute Gasteiger partial charge is 0.390 e. The summed E-state index contributed by atoms with van der Waals surface area (Å²) in [5.74, 6) is 0.128. The number of nitrogens with one attached hydrogen (secondary N) is 1. The first-order valence-corrected chi connectivity index (χ1v) is 11.9. The lowest BCUT2D eigenvalue weighted by atomic mass is 9.84. The van der Waals surface area contributed by atoms with Gasteiger partial charge in [-0.05, 0) is 75.8 Å². The minimum Gasteiger partial charge on any atom is -0.390 e. The van der Waals surface area contributed by atoms with Gasteiger partial charge in [0.2, 0.25) is 5.95 Å². The van der Waals surface area contributed by atoms with Gasteiger partial charge in [0.1, 0.15) is 5.82 Å². The van der Waals surface area contributed by atoms with Gasteiger partial charge < -0.3 is 15.2 Å². The molecule has 0 bridgehead atoms. The Labute approximate surface area is 197 Å². The number of anilines is 1. The van der Waals surface area contributed by atoms with Gasteiger partial charge in [-0.2, -0.15) is 0 Å². The normalized spacial score (nSPS) is 23.7. The van der Waals surface area contributed by atoms with Gasteiger partial charge in [-0.15, -0.1) is 0 Å². The summed E-state index contributed by atoms with van der Waals surface area (Å²) in [5.41, 5.74) is 1.01. The predicted octanol–water partition coefficient (Wildman–Crippen LogP) is 3.69. The van der Waals surface area contributed by atoms with Crippen LogP contribution in [0.4, 0.5) is 10.3 Å². The Balaban J connectivity index is 1.50. The van der Waals surface area contributed by atoms with Crippen molar-refractivity contribution < 1.29 is 14.2 Å². The van der Waals surface area contributed by atoms with Gasteiger partial charge in [-0.1, -0.05) is 0 Å². The number of aromatic nitrogens is 4. The molecule has 1 saturated carbocycles. The first-order valence-electron chi connectivity index (χ1n) is 11.9. The SMILES string of the molecule is CC1(O)CCC(Nc2nccc(-c3cn(C4CCOCC4)c(=O)n3-c3ccc(F)cc3)n2)CC1. The Morgan fingerprint density at radius 1 is 1.12 bits per heavy atom. The molecule has 3 heterocycles. The number of rotatable bonds is 5. The Hall–Kier alpha value is -3.04. The summed E-state index contributed by atoms with van der Waals surface area (Å²) in [4.78, 5) is 22.6. The van der Waals surface area contributed by atoms with Gasteiger partial charge in [0.25, 0.3) is 0 Å². The van der Waals surface area contributed by atoms with Crippen LogP contribution in [0.3, 0.4) is 0 Å². The van der Waals surface area contributed by atoms with E-state index in [0.29, 0.717) is 36.2 Å². The monoisotopic (exact) mass is 467 g/mol. The Bertz CT molecular complexity index is 1190. The summed E-state index contributed by atoms with van der Waals surface area (Å²) >= 11 is 0. The van der Waals surface area contributed by atoms with E-state index >= 15 is 0 Å². The van der Waals surface area contributed by atoms with E-state index in [2.05, 4.69) is 10.3 Å². The second-order valence-corrected chi connectivity index (χ2v) is 9.54. The first kappa shape index (κ1) is 22.7. The highest BCUT2D eigenvalue weighted by molar-refractivity contribution is 5.59. The zero-order valence-electron chi connectivity index (χ0n) is 19.3. The molecule has 180 valence electrons. The van der Waals surface area contributed by atoms with Gasteiger partial charge in [-0.3, -0.25) is 9.13 Å². The summed E-state index contributed by atoms with van der Waals surface area (Å²) in [7, 11) is 0. The van der Waals surface area contributed by atoms with E-state index in [0.717, 1.165) is 38.5 Å². The molecule has 1 aromatic carbocycles. The maximum absolute atomic E-state index is 13.6. The van der Waals surface area contributed by atoms with Gasteiger partial charge in [-0.25, -0.2) is 19.2 Å². The number of benzene rings is 1. The summed E-state index contributed by atoms with van der Waals surface area (Å²) < 4.78 is 22.4. The maximum Gasteiger partial charge on any atom is 0.333 e. The molecule has 2 aromatic heterocycles. The van der Waals surface area contributed by atoms with E-state index in [-0.39, 0.29) is 23.6 Å². The van der Waals surface area contributed by atoms with Crippen molar-refractivity contribution in [3.8, 4) is 17.1 Å². The molecule has 0 spiro atoms. The fraction of sp³-hybridized carbons (Fsp3) is 0.480. The first-order chi connectivity index (χ1) is 16.4. The smallest absolute Gasteiger partial charge is 0.333 e. The summed E-state index contributed by atoms with van der Waals surface area (Å²) in [5, 5.41) is 13.6. The molecule has 0 amide bonds. The van der Waals surface area contributed by atoms with Crippen molar-refractivity contribution in [3.63, 3.8) is 0 Å². The van der Waals surface area contributed by atoms with Crippen molar-refractivity contribution in [1.82, 2.24) is 19.1 Å². The third-order valence-electron chi connectivity index (χ3n) is 6.90. The molecule has 2 N–H and O–H groups in total. The molecule has 1 aliphatic heterocycles. The van der Waals surface area contributed by atoms with Gasteiger partial charge in [0.15, 0.2) is 0 Å². The molecule has 3 aromatic rings. The average molecular weight is 468 g/mol.